The van der Waals surface area contributed by atoms with Gasteiger partial charge in [-0.2, -0.15) is 0 Å². The maximum Gasteiger partial charge on any atom is 0.270 e. The topological polar surface area (TPSA) is 54.0 Å². The van der Waals surface area contributed by atoms with E-state index in [0.717, 1.165) is 37.9 Å². The highest BCUT2D eigenvalue weighted by atomic mass is 16.1. The molecule has 1 amide bonds. The van der Waals surface area contributed by atoms with Crippen LogP contribution in [0.3, 0.4) is 0 Å². The summed E-state index contributed by atoms with van der Waals surface area (Å²) in [6, 6.07) is 4.08. The van der Waals surface area contributed by atoms with Gasteiger partial charge in [-0.05, 0) is 31.4 Å². The molecule has 1 fully saturated rings. The summed E-state index contributed by atoms with van der Waals surface area (Å²) in [4.78, 5) is 16.2. The van der Waals surface area contributed by atoms with E-state index in [2.05, 4.69) is 22.5 Å². The summed E-state index contributed by atoms with van der Waals surface area (Å²) in [5, 5.41) is 6.37. The van der Waals surface area contributed by atoms with E-state index >= 15 is 0 Å². The van der Waals surface area contributed by atoms with Crippen LogP contribution < -0.4 is 10.6 Å². The van der Waals surface area contributed by atoms with E-state index in [4.69, 9.17) is 0 Å². The van der Waals surface area contributed by atoms with Gasteiger partial charge in [-0.1, -0.05) is 26.2 Å². The lowest BCUT2D eigenvalue weighted by molar-refractivity contribution is 0.0933. The molecule has 0 spiro atoms. The van der Waals surface area contributed by atoms with Gasteiger partial charge in [0.25, 0.3) is 5.91 Å². The van der Waals surface area contributed by atoms with Crippen molar-refractivity contribution in [2.45, 2.75) is 51.5 Å². The number of anilines is 1. The molecular weight excluding hydrogens is 238 g/mol. The Morgan fingerprint density at radius 3 is 2.95 bits per heavy atom. The Hall–Kier alpha value is -1.58. The van der Waals surface area contributed by atoms with Crippen LogP contribution in [-0.2, 0) is 0 Å². The van der Waals surface area contributed by atoms with E-state index in [1.807, 2.05) is 12.1 Å². The first-order valence-corrected chi connectivity index (χ1v) is 7.30. The normalized spacial score (nSPS) is 15.4. The van der Waals surface area contributed by atoms with Crippen molar-refractivity contribution < 1.29 is 4.79 Å². The minimum Gasteiger partial charge on any atom is -0.385 e. The molecule has 4 heteroatoms. The highest BCUT2D eigenvalue weighted by Crippen LogP contribution is 2.18. The summed E-state index contributed by atoms with van der Waals surface area (Å²) in [5.74, 6) is -0.0500. The summed E-state index contributed by atoms with van der Waals surface area (Å²) < 4.78 is 0. The Balaban J connectivity index is 1.91. The van der Waals surface area contributed by atoms with Crippen LogP contribution in [0.1, 0.15) is 55.9 Å². The van der Waals surface area contributed by atoms with E-state index in [0.29, 0.717) is 11.7 Å². The summed E-state index contributed by atoms with van der Waals surface area (Å²) in [7, 11) is 0. The summed E-state index contributed by atoms with van der Waals surface area (Å²) in [6.07, 6.45) is 8.62. The molecular formula is C15H23N3O. The Labute approximate surface area is 115 Å². The van der Waals surface area contributed by atoms with Gasteiger partial charge in [0, 0.05) is 24.5 Å². The number of unbranched alkanes of at least 4 members (excludes halogenated alkanes) is 1. The maximum absolute atomic E-state index is 12.1. The first kappa shape index (κ1) is 13.8. The van der Waals surface area contributed by atoms with Crippen molar-refractivity contribution in [2.24, 2.45) is 0 Å². The quantitative estimate of drug-likeness (QED) is 0.774. The van der Waals surface area contributed by atoms with E-state index < -0.39 is 0 Å². The van der Waals surface area contributed by atoms with Gasteiger partial charge < -0.3 is 10.6 Å². The number of aromatic nitrogens is 1. The van der Waals surface area contributed by atoms with Gasteiger partial charge in [0.2, 0.25) is 0 Å². The van der Waals surface area contributed by atoms with Crippen molar-refractivity contribution in [1.29, 1.82) is 0 Å². The van der Waals surface area contributed by atoms with Crippen molar-refractivity contribution in [3.8, 4) is 0 Å². The van der Waals surface area contributed by atoms with Crippen LogP contribution in [0.4, 0.5) is 5.69 Å². The van der Waals surface area contributed by atoms with Crippen LogP contribution in [-0.4, -0.2) is 23.5 Å². The minimum absolute atomic E-state index is 0.0500. The zero-order valence-electron chi connectivity index (χ0n) is 11.6. The third-order valence-electron chi connectivity index (χ3n) is 3.54. The molecule has 2 N–H and O–H groups in total. The molecule has 1 heterocycles. The predicted molar refractivity (Wildman–Crippen MR) is 77.4 cm³/mol. The zero-order chi connectivity index (χ0) is 13.5. The van der Waals surface area contributed by atoms with Gasteiger partial charge >= 0.3 is 0 Å². The van der Waals surface area contributed by atoms with Crippen LogP contribution in [0.5, 0.6) is 0 Å². The molecule has 19 heavy (non-hydrogen) atoms. The summed E-state index contributed by atoms with van der Waals surface area (Å²) >= 11 is 0. The monoisotopic (exact) mass is 261 g/mol. The fourth-order valence-electron chi connectivity index (χ4n) is 2.40. The third-order valence-corrected chi connectivity index (χ3v) is 3.54. The molecule has 0 aliphatic heterocycles. The summed E-state index contributed by atoms with van der Waals surface area (Å²) in [5.41, 5.74) is 1.48. The largest absolute Gasteiger partial charge is 0.385 e. The van der Waals surface area contributed by atoms with E-state index in [-0.39, 0.29) is 5.91 Å². The molecule has 1 aliphatic carbocycles. The first-order valence-electron chi connectivity index (χ1n) is 7.30. The second-order valence-electron chi connectivity index (χ2n) is 5.16. The lowest BCUT2D eigenvalue weighted by Crippen LogP contribution is -2.33. The Morgan fingerprint density at radius 2 is 2.21 bits per heavy atom. The molecule has 0 radical (unpaired) electrons. The van der Waals surface area contributed by atoms with Crippen LogP contribution in [0, 0.1) is 0 Å². The van der Waals surface area contributed by atoms with Crippen molar-refractivity contribution >= 4 is 11.6 Å². The van der Waals surface area contributed by atoms with Crippen molar-refractivity contribution in [3.05, 3.63) is 24.0 Å². The van der Waals surface area contributed by atoms with Crippen LogP contribution in [0.25, 0.3) is 0 Å². The highest BCUT2D eigenvalue weighted by Gasteiger charge is 2.18. The van der Waals surface area contributed by atoms with Gasteiger partial charge in [0.1, 0.15) is 5.69 Å². The van der Waals surface area contributed by atoms with Crippen LogP contribution in [0.15, 0.2) is 18.3 Å². The van der Waals surface area contributed by atoms with Gasteiger partial charge in [-0.25, -0.2) is 0 Å². The van der Waals surface area contributed by atoms with Crippen molar-refractivity contribution in [2.75, 3.05) is 11.9 Å². The highest BCUT2D eigenvalue weighted by molar-refractivity contribution is 5.93. The fourth-order valence-corrected chi connectivity index (χ4v) is 2.40. The molecule has 1 aliphatic rings. The Morgan fingerprint density at radius 1 is 1.42 bits per heavy atom. The molecule has 0 atom stereocenters. The maximum atomic E-state index is 12.1. The number of carbonyl (C=O) groups excluding carboxylic acids is 1. The lowest BCUT2D eigenvalue weighted by Gasteiger charge is -2.12. The minimum atomic E-state index is -0.0500. The van der Waals surface area contributed by atoms with Gasteiger partial charge in [0.15, 0.2) is 0 Å². The first-order chi connectivity index (χ1) is 9.29. The number of nitrogens with zero attached hydrogens (tertiary/aromatic N) is 1. The molecule has 2 rings (SSSR count). The number of nitrogens with one attached hydrogen (secondary N) is 2. The second-order valence-corrected chi connectivity index (χ2v) is 5.16. The molecule has 1 saturated carbocycles. The lowest BCUT2D eigenvalue weighted by atomic mass is 10.2. The fraction of sp³-hybridized carbons (Fsp3) is 0.600. The number of carbonyl (C=O) groups is 1. The smallest absolute Gasteiger partial charge is 0.270 e. The molecule has 4 nitrogen and oxygen atoms in total. The predicted octanol–water partition coefficient (Wildman–Crippen LogP) is 2.97. The molecule has 104 valence electrons. The summed E-state index contributed by atoms with van der Waals surface area (Å²) in [6.45, 7) is 3.10. The van der Waals surface area contributed by atoms with Crippen molar-refractivity contribution in [1.82, 2.24) is 10.3 Å². The molecule has 0 unspecified atom stereocenters. The molecule has 0 saturated heterocycles. The van der Waals surface area contributed by atoms with Crippen LogP contribution >= 0.6 is 0 Å². The average Bonchev–Trinajstić information content (AvgIpc) is 2.92. The van der Waals surface area contributed by atoms with Crippen molar-refractivity contribution in [3.63, 3.8) is 0 Å². The molecule has 1 aromatic rings. The van der Waals surface area contributed by atoms with E-state index in [9.17, 15) is 4.79 Å². The standard InChI is InChI=1S/C15H23N3O/c1-2-3-9-16-13-8-10-17-14(11-13)15(19)18-12-6-4-5-7-12/h8,10-12H,2-7,9H2,1H3,(H,16,17)(H,18,19). The molecule has 0 aromatic carbocycles. The zero-order valence-corrected chi connectivity index (χ0v) is 11.6. The third kappa shape index (κ3) is 4.23. The number of hydrogen-bond donors (Lipinski definition) is 2. The molecule has 0 bridgehead atoms. The number of pyridine rings is 1. The van der Waals surface area contributed by atoms with Gasteiger partial charge in [0.05, 0.1) is 0 Å². The van der Waals surface area contributed by atoms with Gasteiger partial charge in [-0.3, -0.25) is 9.78 Å². The SMILES string of the molecule is CCCCNc1ccnc(C(=O)NC2CCCC2)c1. The second kappa shape index (κ2) is 7.12. The average molecular weight is 261 g/mol. The van der Waals surface area contributed by atoms with Crippen LogP contribution in [0.2, 0.25) is 0 Å². The number of hydrogen-bond acceptors (Lipinski definition) is 3. The van der Waals surface area contributed by atoms with E-state index in [1.54, 1.807) is 6.20 Å². The van der Waals surface area contributed by atoms with E-state index in [1.165, 1.54) is 12.8 Å². The Kier molecular flexibility index (Phi) is 5.19. The van der Waals surface area contributed by atoms with Gasteiger partial charge in [-0.15, -0.1) is 0 Å². The molecule has 1 aromatic heterocycles. The number of amides is 1. The Bertz CT molecular complexity index is 414. The number of rotatable bonds is 6.